The number of carbonyl (C=O) groups excluding carboxylic acids is 1. The Kier molecular flexibility index (Phi) is 9.84. The zero-order chi connectivity index (χ0) is 27.9. The molecule has 0 spiro atoms. The lowest BCUT2D eigenvalue weighted by Crippen LogP contribution is -2.32. The number of hydrogen-bond donors (Lipinski definition) is 5. The van der Waals surface area contributed by atoms with Crippen LogP contribution in [0.3, 0.4) is 0 Å². The predicted molar refractivity (Wildman–Crippen MR) is 134 cm³/mol. The van der Waals surface area contributed by atoms with Crippen LogP contribution in [0.25, 0.3) is 0 Å². The molecule has 0 heterocycles. The summed E-state index contributed by atoms with van der Waals surface area (Å²) in [6.07, 6.45) is -4.88. The van der Waals surface area contributed by atoms with Crippen molar-refractivity contribution in [1.29, 1.82) is 0 Å². The molecule has 10 heteroatoms. The number of amides is 1. The molecular weight excluding hydrogens is 504 g/mol. The van der Waals surface area contributed by atoms with Crippen molar-refractivity contribution in [3.8, 4) is 5.75 Å². The Hall–Kier alpha value is -3.47. The topological polar surface area (TPSA) is 102 Å². The molecule has 6 nitrogen and oxygen atoms in total. The molecule has 0 radical (unpaired) electrons. The summed E-state index contributed by atoms with van der Waals surface area (Å²) < 4.78 is 52.5. The fourth-order valence-electron chi connectivity index (χ4n) is 3.99. The van der Waals surface area contributed by atoms with E-state index >= 15 is 0 Å². The van der Waals surface area contributed by atoms with Gasteiger partial charge in [-0.3, -0.25) is 4.79 Å². The normalized spacial score (nSPS) is 13.2. The van der Waals surface area contributed by atoms with Crippen molar-refractivity contribution in [2.24, 2.45) is 0 Å². The zero-order valence-electron chi connectivity index (χ0n) is 20.7. The van der Waals surface area contributed by atoms with Crippen LogP contribution in [0.1, 0.15) is 46.4 Å². The van der Waals surface area contributed by atoms with Gasteiger partial charge in [-0.25, -0.2) is 4.39 Å². The van der Waals surface area contributed by atoms with Crippen LogP contribution < -0.4 is 10.6 Å². The van der Waals surface area contributed by atoms with Crippen LogP contribution in [0.15, 0.2) is 60.7 Å². The number of aromatic hydroxyl groups is 1. The second-order valence-corrected chi connectivity index (χ2v) is 9.15. The first-order valence-corrected chi connectivity index (χ1v) is 12.0. The summed E-state index contributed by atoms with van der Waals surface area (Å²) in [7, 11) is 0. The molecule has 5 N–H and O–H groups in total. The molecule has 0 saturated heterocycles. The molecule has 0 bridgehead atoms. The standard InChI is InChI=1S/C28H30F4N2O4/c1-17(33-15-26(37)20-5-8-25(36)22(12-20)16-35)9-18-3-2-4-19(10-18)11-27(38)34-14-21-13-23(28(30,31)32)6-7-24(21)29/h2-8,10,12-13,17,26,33,35-37H,9,11,14-16H2,1H3,(H,34,38)/t17-,26-/m1/s1. The van der Waals surface area contributed by atoms with Gasteiger partial charge in [0.25, 0.3) is 0 Å². The van der Waals surface area contributed by atoms with E-state index in [2.05, 4.69) is 10.6 Å². The lowest BCUT2D eigenvalue weighted by atomic mass is 10.0. The van der Waals surface area contributed by atoms with Gasteiger partial charge in [-0.15, -0.1) is 0 Å². The first-order chi connectivity index (χ1) is 18.0. The van der Waals surface area contributed by atoms with Crippen molar-refractivity contribution >= 4 is 5.91 Å². The summed E-state index contributed by atoms with van der Waals surface area (Å²) in [6.45, 7) is 1.47. The molecule has 3 aromatic rings. The molecule has 1 amide bonds. The molecule has 0 aromatic heterocycles. The average molecular weight is 535 g/mol. The number of halogens is 4. The Morgan fingerprint density at radius 3 is 2.45 bits per heavy atom. The monoisotopic (exact) mass is 534 g/mol. The van der Waals surface area contributed by atoms with Crippen molar-refractivity contribution in [3.63, 3.8) is 0 Å². The average Bonchev–Trinajstić information content (AvgIpc) is 2.86. The van der Waals surface area contributed by atoms with Gasteiger partial charge in [0, 0.05) is 30.3 Å². The van der Waals surface area contributed by atoms with Crippen molar-refractivity contribution < 1.29 is 37.7 Å². The number of phenols is 1. The largest absolute Gasteiger partial charge is 0.508 e. The van der Waals surface area contributed by atoms with Gasteiger partial charge in [-0.05, 0) is 60.4 Å². The number of carbonyl (C=O) groups is 1. The summed E-state index contributed by atoms with van der Waals surface area (Å²) in [5, 5.41) is 35.1. The van der Waals surface area contributed by atoms with Crippen LogP contribution in [-0.2, 0) is 37.0 Å². The lowest BCUT2D eigenvalue weighted by Gasteiger charge is -2.18. The van der Waals surface area contributed by atoms with Crippen LogP contribution in [0.4, 0.5) is 17.6 Å². The highest BCUT2D eigenvalue weighted by Gasteiger charge is 2.31. The number of nitrogens with one attached hydrogen (secondary N) is 2. The second-order valence-electron chi connectivity index (χ2n) is 9.15. The Balaban J connectivity index is 1.51. The molecular formula is C28H30F4N2O4. The van der Waals surface area contributed by atoms with Gasteiger partial charge in [0.15, 0.2) is 0 Å². The number of aliphatic hydroxyl groups is 2. The molecule has 38 heavy (non-hydrogen) atoms. The van der Waals surface area contributed by atoms with Gasteiger partial charge in [-0.2, -0.15) is 13.2 Å². The Labute approximate surface area is 218 Å². The van der Waals surface area contributed by atoms with E-state index in [9.17, 15) is 37.7 Å². The number of benzene rings is 3. The Morgan fingerprint density at radius 1 is 1.00 bits per heavy atom. The summed E-state index contributed by atoms with van der Waals surface area (Å²) in [4.78, 5) is 12.4. The number of rotatable bonds is 11. The van der Waals surface area contributed by atoms with Crippen LogP contribution in [-0.4, -0.2) is 33.8 Å². The summed E-state index contributed by atoms with van der Waals surface area (Å²) >= 11 is 0. The molecule has 204 valence electrons. The van der Waals surface area contributed by atoms with Crippen molar-refractivity contribution in [1.82, 2.24) is 10.6 Å². The minimum atomic E-state index is -4.61. The molecule has 0 aliphatic carbocycles. The van der Waals surface area contributed by atoms with Crippen LogP contribution in [0, 0.1) is 5.82 Å². The third-order valence-corrected chi connectivity index (χ3v) is 6.07. The highest BCUT2D eigenvalue weighted by molar-refractivity contribution is 5.78. The number of alkyl halides is 3. The van der Waals surface area contributed by atoms with Gasteiger partial charge >= 0.3 is 6.18 Å². The van der Waals surface area contributed by atoms with E-state index in [-0.39, 0.29) is 43.5 Å². The van der Waals surface area contributed by atoms with Crippen LogP contribution >= 0.6 is 0 Å². The van der Waals surface area contributed by atoms with E-state index in [0.717, 1.165) is 11.6 Å². The summed E-state index contributed by atoms with van der Waals surface area (Å²) in [6, 6.07) is 13.9. The maximum atomic E-state index is 13.9. The fraction of sp³-hybridized carbons (Fsp3) is 0.321. The Morgan fingerprint density at radius 2 is 1.74 bits per heavy atom. The third-order valence-electron chi connectivity index (χ3n) is 6.07. The summed E-state index contributed by atoms with van der Waals surface area (Å²) in [5.74, 6) is -1.32. The smallest absolute Gasteiger partial charge is 0.416 e. The SMILES string of the molecule is C[C@H](Cc1cccc(CC(=O)NCc2cc(C(F)(F)F)ccc2F)c1)NC[C@@H](O)c1ccc(O)c(CO)c1. The number of hydrogen-bond acceptors (Lipinski definition) is 5. The maximum absolute atomic E-state index is 13.9. The van der Waals surface area contributed by atoms with Crippen molar-refractivity contribution in [3.05, 3.63) is 99.9 Å². The van der Waals surface area contributed by atoms with Crippen molar-refractivity contribution in [2.75, 3.05) is 6.54 Å². The van der Waals surface area contributed by atoms with E-state index in [1.54, 1.807) is 24.3 Å². The molecule has 0 aliphatic heterocycles. The van der Waals surface area contributed by atoms with E-state index in [1.165, 1.54) is 6.07 Å². The van der Waals surface area contributed by atoms with Gasteiger partial charge in [0.2, 0.25) is 5.91 Å². The first-order valence-electron chi connectivity index (χ1n) is 12.0. The van der Waals surface area contributed by atoms with Gasteiger partial charge < -0.3 is 26.0 Å². The molecule has 0 fully saturated rings. The minimum Gasteiger partial charge on any atom is -0.508 e. The maximum Gasteiger partial charge on any atom is 0.416 e. The third kappa shape index (κ3) is 8.27. The Bertz CT molecular complexity index is 1250. The van der Waals surface area contributed by atoms with Gasteiger partial charge in [-0.1, -0.05) is 30.3 Å². The molecule has 0 aliphatic rings. The highest BCUT2D eigenvalue weighted by Crippen LogP contribution is 2.30. The second kappa shape index (κ2) is 12.9. The lowest BCUT2D eigenvalue weighted by molar-refractivity contribution is -0.137. The predicted octanol–water partition coefficient (Wildman–Crippen LogP) is 4.16. The van der Waals surface area contributed by atoms with Gasteiger partial charge in [0.05, 0.1) is 24.7 Å². The van der Waals surface area contributed by atoms with E-state index < -0.39 is 29.6 Å². The molecule has 0 saturated carbocycles. The summed E-state index contributed by atoms with van der Waals surface area (Å²) in [5.41, 5.74) is 1.28. The number of aliphatic hydroxyl groups excluding tert-OH is 2. The van der Waals surface area contributed by atoms with E-state index in [1.807, 2.05) is 19.1 Å². The molecule has 3 rings (SSSR count). The minimum absolute atomic E-state index is 0.0248. The van der Waals surface area contributed by atoms with E-state index in [0.29, 0.717) is 35.2 Å². The molecule has 3 aromatic carbocycles. The van der Waals surface area contributed by atoms with Crippen LogP contribution in [0.5, 0.6) is 5.75 Å². The highest BCUT2D eigenvalue weighted by atomic mass is 19.4. The zero-order valence-corrected chi connectivity index (χ0v) is 20.7. The van der Waals surface area contributed by atoms with E-state index in [4.69, 9.17) is 0 Å². The van der Waals surface area contributed by atoms with Crippen molar-refractivity contribution in [2.45, 2.75) is 51.2 Å². The first kappa shape index (κ1) is 29.1. The molecule has 2 atom stereocenters. The quantitative estimate of drug-likeness (QED) is 0.238. The fourth-order valence-corrected chi connectivity index (χ4v) is 3.99. The van der Waals surface area contributed by atoms with Gasteiger partial charge in [0.1, 0.15) is 11.6 Å². The molecule has 0 unspecified atom stereocenters. The van der Waals surface area contributed by atoms with Crippen LogP contribution in [0.2, 0.25) is 0 Å².